The zero-order valence-corrected chi connectivity index (χ0v) is 14.7. The van der Waals surface area contributed by atoms with Crippen molar-refractivity contribution < 1.29 is 9.53 Å². The predicted molar refractivity (Wildman–Crippen MR) is 99.1 cm³/mol. The quantitative estimate of drug-likeness (QED) is 0.759. The third-order valence-electron chi connectivity index (χ3n) is 5.46. The summed E-state index contributed by atoms with van der Waals surface area (Å²) in [6.45, 7) is 2.79. The number of aromatic nitrogens is 2. The van der Waals surface area contributed by atoms with Gasteiger partial charge in [-0.3, -0.25) is 4.79 Å². The van der Waals surface area contributed by atoms with Gasteiger partial charge in [0.2, 0.25) is 5.91 Å². The number of aromatic amines is 1. The first-order valence-electron chi connectivity index (χ1n) is 9.19. The van der Waals surface area contributed by atoms with Crippen molar-refractivity contribution in [1.29, 1.82) is 0 Å². The van der Waals surface area contributed by atoms with Crippen LogP contribution >= 0.6 is 0 Å². The molecule has 1 saturated carbocycles. The fourth-order valence-corrected chi connectivity index (χ4v) is 3.81. The molecule has 1 aromatic heterocycles. The van der Waals surface area contributed by atoms with Crippen molar-refractivity contribution in [3.8, 4) is 5.75 Å². The molecule has 0 bridgehead atoms. The average Bonchev–Trinajstić information content (AvgIpc) is 3.12. The summed E-state index contributed by atoms with van der Waals surface area (Å²) in [6, 6.07) is 14.2. The Hall–Kier alpha value is -2.82. The molecule has 0 radical (unpaired) electrons. The van der Waals surface area contributed by atoms with Crippen LogP contribution in [0.3, 0.4) is 0 Å². The number of ether oxygens (including phenoxy) is 1. The molecule has 132 valence electrons. The van der Waals surface area contributed by atoms with Gasteiger partial charge in [-0.2, -0.15) is 0 Å². The van der Waals surface area contributed by atoms with Crippen LogP contribution in [0.5, 0.6) is 5.75 Å². The van der Waals surface area contributed by atoms with Crippen LogP contribution in [0.2, 0.25) is 0 Å². The molecule has 1 aliphatic heterocycles. The van der Waals surface area contributed by atoms with Gasteiger partial charge in [0, 0.05) is 18.3 Å². The van der Waals surface area contributed by atoms with Gasteiger partial charge in [-0.15, -0.1) is 0 Å². The van der Waals surface area contributed by atoms with Crippen molar-refractivity contribution in [1.82, 2.24) is 15.3 Å². The van der Waals surface area contributed by atoms with E-state index in [1.807, 2.05) is 43.3 Å². The standard InChI is InChI=1S/C21H21N3O2/c1-12(13-6-7-19-14(10-13)8-9-26-19)22-21(25)16-11-15(16)20-23-17-4-2-3-5-18(17)24-20/h2-7,10,12,15-16H,8-9,11H2,1H3,(H,22,25)(H,23,24)/t12-,15+,16?/m1/s1. The molecule has 3 atom stereocenters. The maximum Gasteiger partial charge on any atom is 0.224 e. The summed E-state index contributed by atoms with van der Waals surface area (Å²) < 4.78 is 5.55. The van der Waals surface area contributed by atoms with Gasteiger partial charge in [-0.25, -0.2) is 4.98 Å². The monoisotopic (exact) mass is 347 g/mol. The highest BCUT2D eigenvalue weighted by atomic mass is 16.5. The number of nitrogens with one attached hydrogen (secondary N) is 2. The van der Waals surface area contributed by atoms with E-state index in [4.69, 9.17) is 4.74 Å². The predicted octanol–water partition coefficient (Wildman–Crippen LogP) is 3.48. The summed E-state index contributed by atoms with van der Waals surface area (Å²) in [4.78, 5) is 20.6. The van der Waals surface area contributed by atoms with Crippen LogP contribution in [0, 0.1) is 5.92 Å². The molecule has 2 aromatic carbocycles. The molecule has 1 aliphatic carbocycles. The second-order valence-corrected chi connectivity index (χ2v) is 7.28. The topological polar surface area (TPSA) is 67.0 Å². The number of para-hydroxylation sites is 2. The Labute approximate surface area is 151 Å². The van der Waals surface area contributed by atoms with Crippen LogP contribution in [-0.2, 0) is 11.2 Å². The van der Waals surface area contributed by atoms with E-state index >= 15 is 0 Å². The normalized spacial score (nSPS) is 21.9. The van der Waals surface area contributed by atoms with E-state index in [9.17, 15) is 4.79 Å². The number of fused-ring (bicyclic) bond motifs is 2. The van der Waals surface area contributed by atoms with Crippen molar-refractivity contribution in [2.45, 2.75) is 31.7 Å². The zero-order chi connectivity index (χ0) is 17.7. The lowest BCUT2D eigenvalue weighted by atomic mass is 10.0. The van der Waals surface area contributed by atoms with Gasteiger partial charge in [-0.05, 0) is 48.7 Å². The lowest BCUT2D eigenvalue weighted by Gasteiger charge is -2.15. The number of amides is 1. The van der Waals surface area contributed by atoms with E-state index in [0.717, 1.165) is 47.6 Å². The number of imidazole rings is 1. The van der Waals surface area contributed by atoms with Crippen LogP contribution in [0.1, 0.15) is 42.3 Å². The summed E-state index contributed by atoms with van der Waals surface area (Å²) in [7, 11) is 0. The van der Waals surface area contributed by atoms with Crippen LogP contribution in [0.15, 0.2) is 42.5 Å². The van der Waals surface area contributed by atoms with E-state index in [1.54, 1.807) is 0 Å². The zero-order valence-electron chi connectivity index (χ0n) is 14.7. The van der Waals surface area contributed by atoms with Crippen molar-refractivity contribution in [2.24, 2.45) is 5.92 Å². The SMILES string of the molecule is C[C@@H](NC(=O)C1C[C@@H]1c1nc2ccccc2[nH]1)c1ccc2c(c1)CCO2. The Morgan fingerprint density at radius 1 is 1.31 bits per heavy atom. The lowest BCUT2D eigenvalue weighted by molar-refractivity contribution is -0.123. The molecule has 5 rings (SSSR count). The highest BCUT2D eigenvalue weighted by molar-refractivity contribution is 5.83. The molecule has 5 heteroatoms. The van der Waals surface area contributed by atoms with Gasteiger partial charge in [-0.1, -0.05) is 18.2 Å². The van der Waals surface area contributed by atoms with Crippen molar-refractivity contribution >= 4 is 16.9 Å². The molecule has 5 nitrogen and oxygen atoms in total. The van der Waals surface area contributed by atoms with Crippen LogP contribution in [0.25, 0.3) is 11.0 Å². The molecule has 1 amide bonds. The minimum Gasteiger partial charge on any atom is -0.493 e. The van der Waals surface area contributed by atoms with E-state index in [1.165, 1.54) is 5.56 Å². The molecule has 1 fully saturated rings. The Balaban J connectivity index is 1.26. The van der Waals surface area contributed by atoms with E-state index in [2.05, 4.69) is 21.4 Å². The van der Waals surface area contributed by atoms with E-state index < -0.39 is 0 Å². The number of carbonyl (C=O) groups excluding carboxylic acids is 1. The Kier molecular flexibility index (Phi) is 3.48. The molecule has 0 spiro atoms. The van der Waals surface area contributed by atoms with Crippen LogP contribution < -0.4 is 10.1 Å². The largest absolute Gasteiger partial charge is 0.493 e. The lowest BCUT2D eigenvalue weighted by Crippen LogP contribution is -2.28. The summed E-state index contributed by atoms with van der Waals surface area (Å²) in [5, 5.41) is 3.16. The molecule has 2 N–H and O–H groups in total. The first kappa shape index (κ1) is 15.4. The second-order valence-electron chi connectivity index (χ2n) is 7.28. The minimum absolute atomic E-state index is 0.00896. The molecular weight excluding hydrogens is 326 g/mol. The highest BCUT2D eigenvalue weighted by Gasteiger charge is 2.46. The molecule has 2 aliphatic rings. The molecule has 2 heterocycles. The molecular formula is C21H21N3O2. The maximum absolute atomic E-state index is 12.6. The Morgan fingerprint density at radius 2 is 2.19 bits per heavy atom. The summed E-state index contributed by atoms with van der Waals surface area (Å²) in [6.07, 6.45) is 1.80. The average molecular weight is 347 g/mol. The number of hydrogen-bond donors (Lipinski definition) is 2. The molecule has 3 aromatic rings. The first-order valence-corrected chi connectivity index (χ1v) is 9.19. The second kappa shape index (κ2) is 5.87. The Bertz CT molecular complexity index is 961. The van der Waals surface area contributed by atoms with Gasteiger partial charge in [0.25, 0.3) is 0 Å². The number of hydrogen-bond acceptors (Lipinski definition) is 3. The fourth-order valence-electron chi connectivity index (χ4n) is 3.81. The maximum atomic E-state index is 12.6. The van der Waals surface area contributed by atoms with Crippen molar-refractivity contribution in [3.63, 3.8) is 0 Å². The fraction of sp³-hybridized carbons (Fsp3) is 0.333. The van der Waals surface area contributed by atoms with Crippen LogP contribution in [0.4, 0.5) is 0 Å². The van der Waals surface area contributed by atoms with Gasteiger partial charge < -0.3 is 15.0 Å². The van der Waals surface area contributed by atoms with Gasteiger partial charge in [0.1, 0.15) is 11.6 Å². The van der Waals surface area contributed by atoms with E-state index in [0.29, 0.717) is 0 Å². The number of nitrogens with zero attached hydrogens (tertiary/aromatic N) is 1. The summed E-state index contributed by atoms with van der Waals surface area (Å²) >= 11 is 0. The van der Waals surface area contributed by atoms with Gasteiger partial charge >= 0.3 is 0 Å². The molecule has 26 heavy (non-hydrogen) atoms. The minimum atomic E-state index is -0.00896. The number of carbonyl (C=O) groups is 1. The number of benzene rings is 2. The third kappa shape index (κ3) is 2.64. The smallest absolute Gasteiger partial charge is 0.224 e. The van der Waals surface area contributed by atoms with Crippen molar-refractivity contribution in [2.75, 3.05) is 6.61 Å². The van der Waals surface area contributed by atoms with Crippen molar-refractivity contribution in [3.05, 3.63) is 59.4 Å². The summed E-state index contributed by atoms with van der Waals surface area (Å²) in [5.74, 6) is 2.21. The number of H-pyrrole nitrogens is 1. The van der Waals surface area contributed by atoms with Crippen LogP contribution in [-0.4, -0.2) is 22.5 Å². The molecule has 0 saturated heterocycles. The molecule has 1 unspecified atom stereocenters. The van der Waals surface area contributed by atoms with Gasteiger partial charge in [0.05, 0.1) is 23.7 Å². The van der Waals surface area contributed by atoms with E-state index in [-0.39, 0.29) is 23.8 Å². The summed E-state index contributed by atoms with van der Waals surface area (Å²) in [5.41, 5.74) is 4.35. The first-order chi connectivity index (χ1) is 12.7. The Morgan fingerprint density at radius 3 is 3.08 bits per heavy atom. The van der Waals surface area contributed by atoms with Gasteiger partial charge in [0.15, 0.2) is 0 Å². The third-order valence-corrected chi connectivity index (χ3v) is 5.46. The highest BCUT2D eigenvalue weighted by Crippen LogP contribution is 2.47. The number of rotatable bonds is 4.